The van der Waals surface area contributed by atoms with Crippen molar-refractivity contribution in [1.82, 2.24) is 34.9 Å². The van der Waals surface area contributed by atoms with Gasteiger partial charge in [-0.1, -0.05) is 29.7 Å². The van der Waals surface area contributed by atoms with E-state index in [0.29, 0.717) is 39.7 Å². The molecule has 196 valence electrons. The number of sulfone groups is 1. The molecule has 13 heteroatoms. The smallest absolute Gasteiger partial charge is 0.213 e. The molecule has 4 aromatic heterocycles. The van der Waals surface area contributed by atoms with E-state index in [0.717, 1.165) is 5.56 Å². The summed E-state index contributed by atoms with van der Waals surface area (Å²) in [6.07, 6.45) is 2.91. The van der Waals surface area contributed by atoms with E-state index >= 15 is 0 Å². The molecule has 0 aliphatic heterocycles. The number of rotatable bonds is 9. The predicted octanol–water partition coefficient (Wildman–Crippen LogP) is 4.11. The number of methoxy groups -OCH3 is 1. The average molecular weight is 546 g/mol. The molecule has 4 heterocycles. The minimum absolute atomic E-state index is 0.267. The molecule has 0 saturated carbocycles. The molecule has 0 N–H and O–H groups in total. The second-order valence-electron chi connectivity index (χ2n) is 8.85. The minimum atomic E-state index is -3.72. The van der Waals surface area contributed by atoms with E-state index in [1.54, 1.807) is 36.6 Å². The van der Waals surface area contributed by atoms with Crippen molar-refractivity contribution in [2.45, 2.75) is 57.6 Å². The van der Waals surface area contributed by atoms with Crippen LogP contribution >= 0.6 is 11.6 Å². The van der Waals surface area contributed by atoms with E-state index in [4.69, 9.17) is 20.9 Å². The van der Waals surface area contributed by atoms with E-state index < -0.39 is 21.0 Å². The van der Waals surface area contributed by atoms with Crippen LogP contribution in [0.4, 0.5) is 0 Å². The number of aryl methyl sites for hydroxylation is 2. The van der Waals surface area contributed by atoms with Gasteiger partial charge in [0.2, 0.25) is 5.88 Å². The lowest BCUT2D eigenvalue weighted by molar-refractivity contribution is 0.390. The number of nitrogens with zero attached hydrogens (tertiary/aromatic N) is 7. The topological polar surface area (TPSA) is 139 Å². The summed E-state index contributed by atoms with van der Waals surface area (Å²) >= 11 is 5.89. The highest BCUT2D eigenvalue weighted by Gasteiger charge is 2.33. The Kier molecular flexibility index (Phi) is 7.60. The number of hydrogen-bond acceptors (Lipinski definition) is 10. The molecule has 0 aliphatic rings. The zero-order chi connectivity index (χ0) is 26.9. The fourth-order valence-electron chi connectivity index (χ4n) is 4.26. The highest BCUT2D eigenvalue weighted by Crippen LogP contribution is 2.32. The molecule has 3 atom stereocenters. The molecular weight excluding hydrogens is 518 g/mol. The van der Waals surface area contributed by atoms with Gasteiger partial charge in [0.05, 0.1) is 29.1 Å². The Bertz CT molecular complexity index is 1480. The number of hydrogen-bond donors (Lipinski definition) is 0. The van der Waals surface area contributed by atoms with Crippen LogP contribution < -0.4 is 4.74 Å². The van der Waals surface area contributed by atoms with Crippen LogP contribution in [0.5, 0.6) is 5.88 Å². The SMILES string of the molecule is COc1cccc(-c2nnc(CS(=O)(=O)[C@@H](C)[C@H](C)c3ncc(Cl)cn3)n2[C@H](C)c2c(C)noc2C)n1. The monoisotopic (exact) mass is 545 g/mol. The van der Waals surface area contributed by atoms with Crippen molar-refractivity contribution in [3.63, 3.8) is 0 Å². The van der Waals surface area contributed by atoms with Crippen molar-refractivity contribution in [3.8, 4) is 17.4 Å². The van der Waals surface area contributed by atoms with Crippen LogP contribution in [0.3, 0.4) is 0 Å². The molecule has 0 amide bonds. The molecule has 0 saturated heterocycles. The van der Waals surface area contributed by atoms with Crippen LogP contribution in [-0.2, 0) is 15.6 Å². The largest absolute Gasteiger partial charge is 0.481 e. The van der Waals surface area contributed by atoms with Gasteiger partial charge in [0.25, 0.3) is 0 Å². The fraction of sp³-hybridized carbons (Fsp3) is 0.417. The first-order valence-electron chi connectivity index (χ1n) is 11.6. The summed E-state index contributed by atoms with van der Waals surface area (Å²) in [5, 5.41) is 12.3. The first-order valence-corrected chi connectivity index (χ1v) is 13.7. The van der Waals surface area contributed by atoms with Crippen LogP contribution in [0.1, 0.15) is 61.4 Å². The molecule has 0 aromatic carbocycles. The van der Waals surface area contributed by atoms with Gasteiger partial charge < -0.3 is 13.8 Å². The molecule has 4 aromatic rings. The third kappa shape index (κ3) is 5.35. The van der Waals surface area contributed by atoms with Gasteiger partial charge in [-0.25, -0.2) is 23.4 Å². The maximum absolute atomic E-state index is 13.6. The highest BCUT2D eigenvalue weighted by atomic mass is 35.5. The molecule has 37 heavy (non-hydrogen) atoms. The van der Waals surface area contributed by atoms with Crippen molar-refractivity contribution >= 4 is 21.4 Å². The van der Waals surface area contributed by atoms with Gasteiger partial charge in [-0.05, 0) is 33.8 Å². The molecule has 0 aliphatic carbocycles. The van der Waals surface area contributed by atoms with E-state index in [1.165, 1.54) is 19.5 Å². The highest BCUT2D eigenvalue weighted by molar-refractivity contribution is 7.91. The van der Waals surface area contributed by atoms with Crippen molar-refractivity contribution in [3.05, 3.63) is 64.3 Å². The molecule has 4 rings (SSSR count). The van der Waals surface area contributed by atoms with Crippen molar-refractivity contribution in [1.29, 1.82) is 0 Å². The third-order valence-corrected chi connectivity index (χ3v) is 8.87. The summed E-state index contributed by atoms with van der Waals surface area (Å²) in [5.41, 5.74) is 2.00. The molecule has 0 unspecified atom stereocenters. The molecule has 0 fully saturated rings. The van der Waals surface area contributed by atoms with Crippen LogP contribution in [0.15, 0.2) is 35.1 Å². The quantitative estimate of drug-likeness (QED) is 0.302. The Morgan fingerprint density at radius 3 is 2.43 bits per heavy atom. The van der Waals surface area contributed by atoms with E-state index in [1.807, 2.05) is 20.8 Å². The number of aromatic nitrogens is 7. The van der Waals surface area contributed by atoms with Crippen LogP contribution in [-0.4, -0.2) is 55.7 Å². The number of pyridine rings is 1. The summed E-state index contributed by atoms with van der Waals surface area (Å²) in [5.74, 6) is 1.26. The minimum Gasteiger partial charge on any atom is -0.481 e. The summed E-state index contributed by atoms with van der Waals surface area (Å²) in [7, 11) is -2.20. The van der Waals surface area contributed by atoms with Gasteiger partial charge in [-0.15, -0.1) is 10.2 Å². The molecule has 0 radical (unpaired) electrons. The second kappa shape index (κ2) is 10.5. The van der Waals surface area contributed by atoms with Crippen molar-refractivity contribution in [2.24, 2.45) is 0 Å². The maximum atomic E-state index is 13.6. The standard InChI is InChI=1S/C24H28ClN7O4S/c1-13(23-26-10-18(25)11-27-23)17(5)37(33,34)12-20-29-30-24(19-8-7-9-21(28-19)35-6)32(20)15(3)22-14(2)31-36-16(22)4/h7-11,13,15,17H,12H2,1-6H3/t13-,15+,17-/m0/s1. The zero-order valence-corrected chi connectivity index (χ0v) is 22.9. The fourth-order valence-corrected chi connectivity index (χ4v) is 5.92. The van der Waals surface area contributed by atoms with Crippen LogP contribution in [0, 0.1) is 13.8 Å². The summed E-state index contributed by atoms with van der Waals surface area (Å²) in [6, 6.07) is 4.88. The van der Waals surface area contributed by atoms with Crippen LogP contribution in [0.2, 0.25) is 5.02 Å². The van der Waals surface area contributed by atoms with Gasteiger partial charge in [0.15, 0.2) is 15.7 Å². The van der Waals surface area contributed by atoms with Gasteiger partial charge in [0.1, 0.15) is 28.9 Å². The Balaban J connectivity index is 1.77. The summed E-state index contributed by atoms with van der Waals surface area (Å²) in [4.78, 5) is 12.9. The van der Waals surface area contributed by atoms with Gasteiger partial charge in [-0.3, -0.25) is 0 Å². The molecular formula is C24H28ClN7O4S. The maximum Gasteiger partial charge on any atom is 0.213 e. The first kappa shape index (κ1) is 26.7. The van der Waals surface area contributed by atoms with Gasteiger partial charge in [-0.2, -0.15) is 0 Å². The Labute approximate surface area is 220 Å². The Hall–Kier alpha value is -3.38. The Morgan fingerprint density at radius 2 is 1.81 bits per heavy atom. The molecule has 11 nitrogen and oxygen atoms in total. The lowest BCUT2D eigenvalue weighted by Gasteiger charge is -2.21. The molecule has 0 spiro atoms. The Morgan fingerprint density at radius 1 is 1.11 bits per heavy atom. The van der Waals surface area contributed by atoms with E-state index in [9.17, 15) is 8.42 Å². The summed E-state index contributed by atoms with van der Waals surface area (Å²) < 4.78 is 39.6. The molecule has 0 bridgehead atoms. The first-order chi connectivity index (χ1) is 17.5. The average Bonchev–Trinajstić information content (AvgIpc) is 3.45. The van der Waals surface area contributed by atoms with E-state index in [2.05, 4.69) is 30.3 Å². The van der Waals surface area contributed by atoms with Crippen molar-refractivity contribution in [2.75, 3.05) is 7.11 Å². The lowest BCUT2D eigenvalue weighted by atomic mass is 10.1. The predicted molar refractivity (Wildman–Crippen MR) is 137 cm³/mol. The van der Waals surface area contributed by atoms with Crippen LogP contribution in [0.25, 0.3) is 11.5 Å². The lowest BCUT2D eigenvalue weighted by Crippen LogP contribution is -2.28. The van der Waals surface area contributed by atoms with E-state index in [-0.39, 0.29) is 17.6 Å². The van der Waals surface area contributed by atoms with Crippen molar-refractivity contribution < 1.29 is 17.7 Å². The zero-order valence-electron chi connectivity index (χ0n) is 21.4. The number of halogens is 1. The summed E-state index contributed by atoms with van der Waals surface area (Å²) in [6.45, 7) is 8.98. The number of ether oxygens (including phenoxy) is 1. The van der Waals surface area contributed by atoms with Gasteiger partial charge in [0, 0.05) is 29.9 Å². The normalized spacial score (nSPS) is 14.4. The van der Waals surface area contributed by atoms with Gasteiger partial charge >= 0.3 is 0 Å². The second-order valence-corrected chi connectivity index (χ2v) is 11.6. The third-order valence-electron chi connectivity index (χ3n) is 6.47.